The molecular formula is C25H15Cl2N3O2S. The molecule has 2 heterocycles. The van der Waals surface area contributed by atoms with Crippen LogP contribution in [0.3, 0.4) is 0 Å². The Morgan fingerprint density at radius 1 is 0.970 bits per heavy atom. The zero-order valence-electron chi connectivity index (χ0n) is 17.0. The Morgan fingerprint density at radius 2 is 1.70 bits per heavy atom. The minimum Gasteiger partial charge on any atom is -0.436 e. The van der Waals surface area contributed by atoms with Gasteiger partial charge in [-0.3, -0.25) is 10.1 Å². The largest absolute Gasteiger partial charge is 0.436 e. The monoisotopic (exact) mass is 491 g/mol. The van der Waals surface area contributed by atoms with E-state index >= 15 is 0 Å². The zero-order chi connectivity index (χ0) is 22.8. The van der Waals surface area contributed by atoms with Crippen LogP contribution in [0.5, 0.6) is 0 Å². The Hall–Kier alpha value is -3.45. The summed E-state index contributed by atoms with van der Waals surface area (Å²) in [5.74, 6) is -0.402. The van der Waals surface area contributed by atoms with Gasteiger partial charge in [0.05, 0.1) is 16.4 Å². The van der Waals surface area contributed by atoms with Crippen LogP contribution < -0.4 is 10.9 Å². The maximum atomic E-state index is 13.3. The summed E-state index contributed by atoms with van der Waals surface area (Å²) in [6.45, 7) is 0. The van der Waals surface area contributed by atoms with Crippen LogP contribution in [0.25, 0.3) is 22.2 Å². The number of amides is 1. The van der Waals surface area contributed by atoms with Crippen molar-refractivity contribution in [1.82, 2.24) is 4.98 Å². The molecule has 0 aliphatic heterocycles. The van der Waals surface area contributed by atoms with E-state index in [4.69, 9.17) is 27.6 Å². The van der Waals surface area contributed by atoms with Crippen LogP contribution in [0, 0.1) is 0 Å². The van der Waals surface area contributed by atoms with Crippen molar-refractivity contribution in [3.8, 4) is 11.3 Å². The van der Waals surface area contributed by atoms with Gasteiger partial charge >= 0.3 is 0 Å². The number of para-hydroxylation sites is 1. The number of carbonyl (C=O) groups is 1. The first-order valence-electron chi connectivity index (χ1n) is 9.92. The lowest BCUT2D eigenvalue weighted by molar-refractivity contribution is 0.102. The standard InChI is InChI=1S/C25H15Cl2N3O2S/c26-17-11-16-12-19(23(31)30-25-29-21(14-33-25)15-7-3-1-4-8-15)24(32-22(16)20(27)13-17)28-18-9-5-2-6-10-18/h1-14H,(H,29,30,31). The van der Waals surface area contributed by atoms with Gasteiger partial charge in [-0.05, 0) is 30.3 Å². The number of aromatic nitrogens is 1. The molecule has 162 valence electrons. The number of halogens is 2. The number of rotatable bonds is 4. The average molecular weight is 492 g/mol. The molecule has 0 unspecified atom stereocenters. The number of nitrogens with zero attached hydrogens (tertiary/aromatic N) is 2. The van der Waals surface area contributed by atoms with Gasteiger partial charge in [-0.25, -0.2) is 9.98 Å². The lowest BCUT2D eigenvalue weighted by atomic mass is 10.1. The third kappa shape index (κ3) is 4.68. The topological polar surface area (TPSA) is 67.5 Å². The van der Waals surface area contributed by atoms with Crippen LogP contribution >= 0.6 is 34.5 Å². The van der Waals surface area contributed by atoms with E-state index in [1.807, 2.05) is 66.0 Å². The highest BCUT2D eigenvalue weighted by Gasteiger charge is 2.17. The van der Waals surface area contributed by atoms with Gasteiger partial charge in [-0.2, -0.15) is 0 Å². The van der Waals surface area contributed by atoms with Gasteiger partial charge in [0.25, 0.3) is 5.91 Å². The number of nitrogens with one attached hydrogen (secondary N) is 1. The van der Waals surface area contributed by atoms with Gasteiger partial charge in [-0.15, -0.1) is 11.3 Å². The average Bonchev–Trinajstić information content (AvgIpc) is 3.29. The third-order valence-corrected chi connectivity index (χ3v) is 6.05. The summed E-state index contributed by atoms with van der Waals surface area (Å²) >= 11 is 13.8. The van der Waals surface area contributed by atoms with Crippen LogP contribution in [0.1, 0.15) is 10.4 Å². The highest BCUT2D eigenvalue weighted by Crippen LogP contribution is 2.29. The molecule has 1 N–H and O–H groups in total. The van der Waals surface area contributed by atoms with Crippen molar-refractivity contribution in [2.45, 2.75) is 0 Å². The first-order chi connectivity index (χ1) is 16.1. The molecule has 0 aliphatic rings. The van der Waals surface area contributed by atoms with Gasteiger partial charge in [0.15, 0.2) is 10.7 Å². The van der Waals surface area contributed by atoms with E-state index in [2.05, 4.69) is 15.3 Å². The van der Waals surface area contributed by atoms with Crippen molar-refractivity contribution >= 4 is 62.2 Å². The Bertz CT molecular complexity index is 1530. The van der Waals surface area contributed by atoms with E-state index in [-0.39, 0.29) is 11.1 Å². The minimum absolute atomic E-state index is 0.135. The van der Waals surface area contributed by atoms with Crippen LogP contribution in [0.15, 0.2) is 93.7 Å². The highest BCUT2D eigenvalue weighted by molar-refractivity contribution is 7.14. The van der Waals surface area contributed by atoms with Gasteiger partial charge in [0.1, 0.15) is 5.56 Å². The molecule has 33 heavy (non-hydrogen) atoms. The molecule has 5 aromatic rings. The van der Waals surface area contributed by atoms with Crippen molar-refractivity contribution in [2.75, 3.05) is 5.32 Å². The van der Waals surface area contributed by atoms with Crippen LogP contribution in [-0.4, -0.2) is 10.9 Å². The van der Waals surface area contributed by atoms with Crippen LogP contribution in [-0.2, 0) is 0 Å². The first-order valence-corrected chi connectivity index (χ1v) is 11.6. The van der Waals surface area contributed by atoms with Crippen LogP contribution in [0.2, 0.25) is 10.0 Å². The lowest BCUT2D eigenvalue weighted by Crippen LogP contribution is -2.21. The van der Waals surface area contributed by atoms with Crippen molar-refractivity contribution in [3.63, 3.8) is 0 Å². The fraction of sp³-hybridized carbons (Fsp3) is 0. The predicted octanol–water partition coefficient (Wildman–Crippen LogP) is 7.35. The summed E-state index contributed by atoms with van der Waals surface area (Å²) in [4.78, 5) is 22.3. The Labute approximate surface area is 203 Å². The van der Waals surface area contributed by atoms with E-state index in [0.717, 1.165) is 11.3 Å². The molecule has 0 radical (unpaired) electrons. The van der Waals surface area contributed by atoms with Crippen molar-refractivity contribution in [1.29, 1.82) is 0 Å². The summed E-state index contributed by atoms with van der Waals surface area (Å²) in [6.07, 6.45) is 0. The van der Waals surface area contributed by atoms with Gasteiger partial charge < -0.3 is 4.42 Å². The van der Waals surface area contributed by atoms with E-state index in [1.165, 1.54) is 11.3 Å². The molecule has 2 aromatic heterocycles. The van der Waals surface area contributed by atoms with Gasteiger partial charge in [0, 0.05) is 21.4 Å². The Balaban J connectivity index is 1.57. The molecule has 0 atom stereocenters. The molecule has 5 rings (SSSR count). The molecule has 0 fully saturated rings. The van der Waals surface area contributed by atoms with E-state index < -0.39 is 5.91 Å². The highest BCUT2D eigenvalue weighted by atomic mass is 35.5. The van der Waals surface area contributed by atoms with Crippen LogP contribution in [0.4, 0.5) is 10.8 Å². The van der Waals surface area contributed by atoms with Crippen molar-refractivity contribution in [2.24, 2.45) is 4.99 Å². The quantitative estimate of drug-likeness (QED) is 0.285. The molecule has 0 bridgehead atoms. The number of carbonyl (C=O) groups excluding carboxylic acids is 1. The first kappa shape index (κ1) is 21.4. The molecule has 8 heteroatoms. The summed E-state index contributed by atoms with van der Waals surface area (Å²) in [5, 5.41) is 6.58. The van der Waals surface area contributed by atoms with Gasteiger partial charge in [0.2, 0.25) is 5.55 Å². The maximum Gasteiger partial charge on any atom is 0.262 e. The second-order valence-electron chi connectivity index (χ2n) is 7.08. The SMILES string of the molecule is O=C(Nc1nc(-c2ccccc2)cs1)c1cc2cc(Cl)cc(Cl)c2oc1=Nc1ccccc1. The van der Waals surface area contributed by atoms with E-state index in [9.17, 15) is 4.79 Å². The van der Waals surface area contributed by atoms with Crippen molar-refractivity contribution < 1.29 is 9.21 Å². The van der Waals surface area contributed by atoms with Crippen molar-refractivity contribution in [3.05, 3.63) is 105 Å². The third-order valence-electron chi connectivity index (χ3n) is 4.79. The summed E-state index contributed by atoms with van der Waals surface area (Å²) in [6, 6.07) is 23.9. The second-order valence-corrected chi connectivity index (χ2v) is 8.78. The predicted molar refractivity (Wildman–Crippen MR) is 133 cm³/mol. The summed E-state index contributed by atoms with van der Waals surface area (Å²) in [5.41, 5.74) is 3.16. The number of hydrogen-bond acceptors (Lipinski definition) is 5. The number of hydrogen-bond donors (Lipinski definition) is 1. The summed E-state index contributed by atoms with van der Waals surface area (Å²) in [7, 11) is 0. The second kappa shape index (κ2) is 9.19. The molecule has 0 spiro atoms. The summed E-state index contributed by atoms with van der Waals surface area (Å²) < 4.78 is 5.98. The number of fused-ring (bicyclic) bond motifs is 1. The Kier molecular flexibility index (Phi) is 5.96. The van der Waals surface area contributed by atoms with E-state index in [0.29, 0.717) is 31.8 Å². The Morgan fingerprint density at radius 3 is 2.45 bits per heavy atom. The van der Waals surface area contributed by atoms with Gasteiger partial charge in [-0.1, -0.05) is 71.7 Å². The molecule has 0 saturated carbocycles. The number of benzene rings is 3. The maximum absolute atomic E-state index is 13.3. The van der Waals surface area contributed by atoms with E-state index in [1.54, 1.807) is 18.2 Å². The smallest absolute Gasteiger partial charge is 0.262 e. The molecule has 0 saturated heterocycles. The number of anilines is 1. The molecular weight excluding hydrogens is 477 g/mol. The zero-order valence-corrected chi connectivity index (χ0v) is 19.3. The normalized spacial score (nSPS) is 11.6. The molecule has 0 aliphatic carbocycles. The number of thiazole rings is 1. The molecule has 1 amide bonds. The molecule has 3 aromatic carbocycles. The molecule has 5 nitrogen and oxygen atoms in total. The minimum atomic E-state index is -0.402. The fourth-order valence-electron chi connectivity index (χ4n) is 3.27. The lowest BCUT2D eigenvalue weighted by Gasteiger charge is -2.07. The fourth-order valence-corrected chi connectivity index (χ4v) is 4.53.